The van der Waals surface area contributed by atoms with Gasteiger partial charge in [-0.3, -0.25) is 0 Å². The third-order valence-corrected chi connectivity index (χ3v) is 3.18. The monoisotopic (exact) mass is 321 g/mol. The molecule has 4 heteroatoms. The fourth-order valence-electron chi connectivity index (χ4n) is 1.48. The summed E-state index contributed by atoms with van der Waals surface area (Å²) in [4.78, 5) is 0. The minimum absolute atomic E-state index is 0.483. The molecule has 0 aliphatic heterocycles. The lowest BCUT2D eigenvalue weighted by Gasteiger charge is -2.10. The fraction of sp³-hybridized carbons (Fsp3) is 0.0714. The average Bonchev–Trinajstić information content (AvgIpc) is 2.34. The van der Waals surface area contributed by atoms with Crippen LogP contribution in [0.2, 0.25) is 5.02 Å². The lowest BCUT2D eigenvalue weighted by Crippen LogP contribution is -1.90. The molecule has 0 amide bonds. The van der Waals surface area contributed by atoms with E-state index >= 15 is 0 Å². The maximum Gasteiger partial charge on any atom is 0.147 e. The van der Waals surface area contributed by atoms with Crippen LogP contribution in [0, 0.1) is 18.3 Å². The van der Waals surface area contributed by atoms with E-state index < -0.39 is 0 Å². The van der Waals surface area contributed by atoms with E-state index in [2.05, 4.69) is 22.0 Å². The topological polar surface area (TPSA) is 33.0 Å². The Morgan fingerprint density at radius 2 is 1.94 bits per heavy atom. The number of hydrogen-bond donors (Lipinski definition) is 0. The second kappa shape index (κ2) is 5.43. The van der Waals surface area contributed by atoms with Gasteiger partial charge in [0.05, 0.1) is 10.6 Å². The highest BCUT2D eigenvalue weighted by molar-refractivity contribution is 9.10. The predicted molar refractivity (Wildman–Crippen MR) is 75.1 cm³/mol. The van der Waals surface area contributed by atoms with Gasteiger partial charge in [-0.05, 0) is 42.8 Å². The van der Waals surface area contributed by atoms with E-state index in [-0.39, 0.29) is 0 Å². The highest BCUT2D eigenvalue weighted by Gasteiger charge is 2.08. The third-order valence-electron chi connectivity index (χ3n) is 2.37. The normalized spacial score (nSPS) is 9.89. The first-order valence-electron chi connectivity index (χ1n) is 5.24. The number of benzene rings is 2. The summed E-state index contributed by atoms with van der Waals surface area (Å²) in [5.74, 6) is 1.03. The van der Waals surface area contributed by atoms with Crippen molar-refractivity contribution >= 4 is 27.5 Å². The molecule has 2 aromatic carbocycles. The summed E-state index contributed by atoms with van der Waals surface area (Å²) in [5, 5.41) is 9.54. The van der Waals surface area contributed by atoms with E-state index in [0.29, 0.717) is 22.1 Å². The molecule has 18 heavy (non-hydrogen) atoms. The molecule has 0 atom stereocenters. The lowest BCUT2D eigenvalue weighted by atomic mass is 10.1. The molecule has 0 bridgehead atoms. The molecule has 0 N–H and O–H groups in total. The third kappa shape index (κ3) is 2.84. The van der Waals surface area contributed by atoms with Crippen LogP contribution in [-0.4, -0.2) is 0 Å². The molecule has 0 aliphatic carbocycles. The van der Waals surface area contributed by atoms with Crippen molar-refractivity contribution in [3.05, 3.63) is 57.0 Å². The van der Waals surface area contributed by atoms with Crippen LogP contribution < -0.4 is 4.74 Å². The summed E-state index contributed by atoms with van der Waals surface area (Å²) in [6.07, 6.45) is 0. The number of rotatable bonds is 2. The molecule has 0 unspecified atom stereocenters. The Kier molecular flexibility index (Phi) is 3.90. The van der Waals surface area contributed by atoms with E-state index in [1.165, 1.54) is 0 Å². The van der Waals surface area contributed by atoms with Gasteiger partial charge in [-0.25, -0.2) is 0 Å². The first-order valence-corrected chi connectivity index (χ1v) is 6.41. The zero-order valence-corrected chi connectivity index (χ0v) is 11.9. The fourth-order valence-corrected chi connectivity index (χ4v) is 1.98. The van der Waals surface area contributed by atoms with Crippen molar-refractivity contribution < 1.29 is 4.74 Å². The first kappa shape index (κ1) is 12.9. The molecule has 90 valence electrons. The molecule has 0 spiro atoms. The molecule has 0 heterocycles. The molecule has 0 saturated carbocycles. The van der Waals surface area contributed by atoms with Gasteiger partial charge in [0.1, 0.15) is 17.6 Å². The van der Waals surface area contributed by atoms with Crippen LogP contribution in [0.1, 0.15) is 11.1 Å². The number of halogens is 2. The van der Waals surface area contributed by atoms with Crippen LogP contribution in [0.15, 0.2) is 40.9 Å². The highest BCUT2D eigenvalue weighted by Crippen LogP contribution is 2.33. The van der Waals surface area contributed by atoms with Gasteiger partial charge in [0.15, 0.2) is 0 Å². The number of aryl methyl sites for hydroxylation is 1. The van der Waals surface area contributed by atoms with Crippen molar-refractivity contribution in [2.24, 2.45) is 0 Å². The van der Waals surface area contributed by atoms with Crippen LogP contribution in [0.4, 0.5) is 0 Å². The SMILES string of the molecule is Cc1ccc(C#N)c(Oc2cc(Br)ccc2Cl)c1. The summed E-state index contributed by atoms with van der Waals surface area (Å²) in [7, 11) is 0. The smallest absolute Gasteiger partial charge is 0.147 e. The van der Waals surface area contributed by atoms with E-state index in [0.717, 1.165) is 10.0 Å². The largest absolute Gasteiger partial charge is 0.454 e. The highest BCUT2D eigenvalue weighted by atomic mass is 79.9. The minimum Gasteiger partial charge on any atom is -0.454 e. The maximum absolute atomic E-state index is 9.04. The van der Waals surface area contributed by atoms with Crippen LogP contribution in [0.3, 0.4) is 0 Å². The van der Waals surface area contributed by atoms with Crippen molar-refractivity contribution in [2.45, 2.75) is 6.92 Å². The second-order valence-corrected chi connectivity index (χ2v) is 5.11. The van der Waals surface area contributed by atoms with Crippen molar-refractivity contribution in [1.82, 2.24) is 0 Å². The first-order chi connectivity index (χ1) is 8.60. The van der Waals surface area contributed by atoms with Crippen molar-refractivity contribution in [1.29, 1.82) is 5.26 Å². The van der Waals surface area contributed by atoms with Crippen LogP contribution in [0.5, 0.6) is 11.5 Å². The molecule has 0 fully saturated rings. The summed E-state index contributed by atoms with van der Waals surface area (Å²) in [5.41, 5.74) is 1.51. The molecule has 2 aromatic rings. The molecule has 0 aromatic heterocycles. The van der Waals surface area contributed by atoms with Crippen LogP contribution in [-0.2, 0) is 0 Å². The molecular formula is C14H9BrClNO. The minimum atomic E-state index is 0.483. The van der Waals surface area contributed by atoms with E-state index in [4.69, 9.17) is 21.6 Å². The Hall–Kier alpha value is -1.50. The molecule has 0 saturated heterocycles. The van der Waals surface area contributed by atoms with Gasteiger partial charge >= 0.3 is 0 Å². The van der Waals surface area contributed by atoms with E-state index in [1.54, 1.807) is 18.2 Å². The van der Waals surface area contributed by atoms with Crippen LogP contribution >= 0.6 is 27.5 Å². The molecule has 0 aliphatic rings. The van der Waals surface area contributed by atoms with Gasteiger partial charge in [0.25, 0.3) is 0 Å². The maximum atomic E-state index is 9.04. The summed E-state index contributed by atoms with van der Waals surface area (Å²) in [6.45, 7) is 1.94. The Morgan fingerprint density at radius 3 is 2.67 bits per heavy atom. The predicted octanol–water partition coefficient (Wildman–Crippen LogP) is 5.07. The van der Waals surface area contributed by atoms with Gasteiger partial charge in [0.2, 0.25) is 0 Å². The zero-order chi connectivity index (χ0) is 13.1. The Balaban J connectivity index is 2.43. The molecule has 0 radical (unpaired) electrons. The molecule has 2 nitrogen and oxygen atoms in total. The van der Waals surface area contributed by atoms with Crippen LogP contribution in [0.25, 0.3) is 0 Å². The molecule has 2 rings (SSSR count). The number of nitrogens with zero attached hydrogens (tertiary/aromatic N) is 1. The van der Waals surface area contributed by atoms with Gasteiger partial charge in [0, 0.05) is 4.47 Å². The van der Waals surface area contributed by atoms with Gasteiger partial charge in [-0.15, -0.1) is 0 Å². The average molecular weight is 323 g/mol. The Labute approximate surface area is 119 Å². The number of hydrogen-bond acceptors (Lipinski definition) is 2. The lowest BCUT2D eigenvalue weighted by molar-refractivity contribution is 0.480. The standard InChI is InChI=1S/C14H9BrClNO/c1-9-2-3-10(8-17)13(6-9)18-14-7-11(15)4-5-12(14)16/h2-7H,1H3. The number of nitriles is 1. The Morgan fingerprint density at radius 1 is 1.17 bits per heavy atom. The van der Waals surface area contributed by atoms with Crippen molar-refractivity contribution in [2.75, 3.05) is 0 Å². The van der Waals surface area contributed by atoms with E-state index in [1.807, 2.05) is 25.1 Å². The van der Waals surface area contributed by atoms with Gasteiger partial charge in [-0.2, -0.15) is 5.26 Å². The summed E-state index contributed by atoms with van der Waals surface area (Å²) in [6, 6.07) is 12.9. The van der Waals surface area contributed by atoms with E-state index in [9.17, 15) is 0 Å². The Bertz CT molecular complexity index is 634. The summed E-state index contributed by atoms with van der Waals surface area (Å²) < 4.78 is 6.58. The van der Waals surface area contributed by atoms with Gasteiger partial charge in [-0.1, -0.05) is 33.6 Å². The summed E-state index contributed by atoms with van der Waals surface area (Å²) >= 11 is 9.41. The number of ether oxygens (including phenoxy) is 1. The zero-order valence-electron chi connectivity index (χ0n) is 9.58. The van der Waals surface area contributed by atoms with Crippen molar-refractivity contribution in [3.8, 4) is 17.6 Å². The van der Waals surface area contributed by atoms with Crippen molar-refractivity contribution in [3.63, 3.8) is 0 Å². The van der Waals surface area contributed by atoms with Gasteiger partial charge < -0.3 is 4.74 Å². The second-order valence-electron chi connectivity index (χ2n) is 3.79. The quantitative estimate of drug-likeness (QED) is 0.773. The molecular weight excluding hydrogens is 314 g/mol.